The van der Waals surface area contributed by atoms with E-state index in [9.17, 15) is 14.0 Å². The Morgan fingerprint density at radius 1 is 1.39 bits per heavy atom. The van der Waals surface area contributed by atoms with Crippen molar-refractivity contribution >= 4 is 5.91 Å². The molecule has 2 aromatic rings. The van der Waals surface area contributed by atoms with E-state index in [1.165, 1.54) is 35.0 Å². The molecule has 1 heterocycles. The van der Waals surface area contributed by atoms with Crippen LogP contribution < -0.4 is 16.8 Å². The highest BCUT2D eigenvalue weighted by atomic mass is 19.1. The van der Waals surface area contributed by atoms with Gasteiger partial charge in [-0.2, -0.15) is 0 Å². The second-order valence-electron chi connectivity index (χ2n) is 3.68. The number of halogens is 1. The number of amides is 1. The Kier molecular flexibility index (Phi) is 3.24. The number of rotatable bonds is 3. The van der Waals surface area contributed by atoms with Gasteiger partial charge in [0.15, 0.2) is 0 Å². The maximum atomic E-state index is 12.8. The normalized spacial score (nSPS) is 10.3. The lowest BCUT2D eigenvalue weighted by atomic mass is 10.3. The highest BCUT2D eigenvalue weighted by molar-refractivity contribution is 5.77. The number of hydrazine groups is 1. The van der Waals surface area contributed by atoms with Crippen LogP contribution in [-0.2, 0) is 11.2 Å². The van der Waals surface area contributed by atoms with Gasteiger partial charge in [0.05, 0.1) is 12.1 Å². The second-order valence-corrected chi connectivity index (χ2v) is 3.68. The zero-order chi connectivity index (χ0) is 13.1. The van der Waals surface area contributed by atoms with Gasteiger partial charge in [-0.25, -0.2) is 14.9 Å². The summed E-state index contributed by atoms with van der Waals surface area (Å²) in [6, 6.07) is 6.70. The monoisotopic (exact) mass is 250 g/mol. The highest BCUT2D eigenvalue weighted by Gasteiger charge is 2.08. The summed E-state index contributed by atoms with van der Waals surface area (Å²) in [5.74, 6) is 4.15. The van der Waals surface area contributed by atoms with Crippen molar-refractivity contribution in [3.63, 3.8) is 0 Å². The zero-order valence-corrected chi connectivity index (χ0v) is 9.31. The third kappa shape index (κ3) is 2.46. The van der Waals surface area contributed by atoms with Crippen molar-refractivity contribution in [2.75, 3.05) is 0 Å². The number of nitrogens with one attached hydrogen (secondary N) is 2. The molecule has 1 aromatic carbocycles. The Labute approximate surface area is 101 Å². The Morgan fingerprint density at radius 3 is 2.67 bits per heavy atom. The van der Waals surface area contributed by atoms with Crippen LogP contribution in [0.4, 0.5) is 4.39 Å². The van der Waals surface area contributed by atoms with Gasteiger partial charge in [0.25, 0.3) is 5.56 Å². The number of carbonyl (C=O) groups excluding carboxylic acids is 1. The van der Waals surface area contributed by atoms with Gasteiger partial charge in [-0.3, -0.25) is 20.1 Å². The molecule has 0 aliphatic carbocycles. The standard InChI is InChI=1S/C11H11FN4O2/c12-7-1-3-9(4-2-7)16-11(18)6-8(15-16)5-10(17)14-13/h1-4,6,15H,5,13H2,(H,14,17). The molecule has 0 aliphatic heterocycles. The van der Waals surface area contributed by atoms with Crippen molar-refractivity contribution < 1.29 is 9.18 Å². The van der Waals surface area contributed by atoms with Crippen molar-refractivity contribution in [2.45, 2.75) is 6.42 Å². The lowest BCUT2D eigenvalue weighted by Gasteiger charge is -2.01. The van der Waals surface area contributed by atoms with Crippen molar-refractivity contribution in [2.24, 2.45) is 5.84 Å². The third-order valence-electron chi connectivity index (χ3n) is 2.37. The van der Waals surface area contributed by atoms with Gasteiger partial charge >= 0.3 is 0 Å². The molecule has 2 rings (SSSR count). The van der Waals surface area contributed by atoms with Crippen LogP contribution >= 0.6 is 0 Å². The molecule has 1 aromatic heterocycles. The molecule has 0 aliphatic rings. The van der Waals surface area contributed by atoms with E-state index in [2.05, 4.69) is 5.10 Å². The van der Waals surface area contributed by atoms with Gasteiger partial charge in [-0.05, 0) is 24.3 Å². The van der Waals surface area contributed by atoms with E-state index >= 15 is 0 Å². The molecule has 0 atom stereocenters. The first-order valence-corrected chi connectivity index (χ1v) is 5.16. The Balaban J connectivity index is 2.32. The van der Waals surface area contributed by atoms with Crippen molar-refractivity contribution in [3.8, 4) is 5.69 Å². The molecular formula is C11H11FN4O2. The van der Waals surface area contributed by atoms with Crippen LogP contribution in [0.2, 0.25) is 0 Å². The molecule has 0 saturated heterocycles. The number of benzene rings is 1. The molecule has 1 amide bonds. The minimum absolute atomic E-state index is 0.0278. The van der Waals surface area contributed by atoms with Crippen LogP contribution in [0.15, 0.2) is 35.1 Å². The van der Waals surface area contributed by atoms with Crippen LogP contribution in [0.3, 0.4) is 0 Å². The highest BCUT2D eigenvalue weighted by Crippen LogP contribution is 2.06. The molecule has 0 spiro atoms. The molecule has 0 bridgehead atoms. The maximum Gasteiger partial charge on any atom is 0.271 e. The van der Waals surface area contributed by atoms with Crippen molar-refractivity contribution in [3.05, 3.63) is 52.2 Å². The molecule has 6 nitrogen and oxygen atoms in total. The first-order chi connectivity index (χ1) is 8.60. The molecule has 0 radical (unpaired) electrons. The van der Waals surface area contributed by atoms with Crippen LogP contribution in [0, 0.1) is 5.82 Å². The lowest BCUT2D eigenvalue weighted by molar-refractivity contribution is -0.120. The topological polar surface area (TPSA) is 92.9 Å². The summed E-state index contributed by atoms with van der Waals surface area (Å²) in [6.07, 6.45) is -0.0278. The molecule has 0 saturated carbocycles. The van der Waals surface area contributed by atoms with E-state index < -0.39 is 5.91 Å². The molecule has 18 heavy (non-hydrogen) atoms. The molecule has 7 heteroatoms. The number of nitrogens with zero attached hydrogens (tertiary/aromatic N) is 1. The predicted octanol–water partition coefficient (Wildman–Crippen LogP) is -0.163. The summed E-state index contributed by atoms with van der Waals surface area (Å²) in [7, 11) is 0. The molecular weight excluding hydrogens is 239 g/mol. The number of hydrogen-bond acceptors (Lipinski definition) is 3. The van der Waals surface area contributed by atoms with E-state index in [0.717, 1.165) is 0 Å². The predicted molar refractivity (Wildman–Crippen MR) is 62.4 cm³/mol. The van der Waals surface area contributed by atoms with Gasteiger partial charge in [0.2, 0.25) is 5.91 Å². The van der Waals surface area contributed by atoms with Gasteiger partial charge in [0, 0.05) is 11.8 Å². The lowest BCUT2D eigenvalue weighted by Crippen LogP contribution is -2.31. The summed E-state index contributed by atoms with van der Waals surface area (Å²) in [5, 5.41) is 2.75. The zero-order valence-electron chi connectivity index (χ0n) is 9.31. The minimum atomic E-state index is -0.414. The average molecular weight is 250 g/mol. The average Bonchev–Trinajstić information content (AvgIpc) is 2.71. The number of nitrogens with two attached hydrogens (primary N) is 1. The maximum absolute atomic E-state index is 12.8. The van der Waals surface area contributed by atoms with Crippen LogP contribution in [0.5, 0.6) is 0 Å². The summed E-state index contributed by atoms with van der Waals surface area (Å²) >= 11 is 0. The fourth-order valence-electron chi connectivity index (χ4n) is 1.54. The Bertz CT molecular complexity index is 615. The summed E-state index contributed by atoms with van der Waals surface area (Å²) in [6.45, 7) is 0. The number of carbonyl (C=O) groups is 1. The molecule has 4 N–H and O–H groups in total. The van der Waals surface area contributed by atoms with E-state index in [-0.39, 0.29) is 17.8 Å². The van der Waals surface area contributed by atoms with E-state index in [1.807, 2.05) is 5.43 Å². The minimum Gasteiger partial charge on any atom is -0.295 e. The van der Waals surface area contributed by atoms with Gasteiger partial charge in [-0.15, -0.1) is 0 Å². The first-order valence-electron chi connectivity index (χ1n) is 5.16. The van der Waals surface area contributed by atoms with Crippen LogP contribution in [0.25, 0.3) is 5.69 Å². The Morgan fingerprint density at radius 2 is 2.06 bits per heavy atom. The number of H-pyrrole nitrogens is 1. The number of aromatic nitrogens is 2. The SMILES string of the molecule is NNC(=O)Cc1cc(=O)n(-c2ccc(F)cc2)[nH]1. The largest absolute Gasteiger partial charge is 0.295 e. The Hall–Kier alpha value is -2.41. The number of hydrogen-bond donors (Lipinski definition) is 3. The fourth-order valence-corrected chi connectivity index (χ4v) is 1.54. The number of aromatic amines is 1. The van der Waals surface area contributed by atoms with Gasteiger partial charge in [0.1, 0.15) is 5.82 Å². The van der Waals surface area contributed by atoms with Gasteiger partial charge < -0.3 is 0 Å². The van der Waals surface area contributed by atoms with E-state index in [1.54, 1.807) is 0 Å². The fraction of sp³-hybridized carbons (Fsp3) is 0.0909. The summed E-state index contributed by atoms with van der Waals surface area (Å²) in [4.78, 5) is 22.7. The molecule has 0 fully saturated rings. The van der Waals surface area contributed by atoms with Crippen molar-refractivity contribution in [1.29, 1.82) is 0 Å². The van der Waals surface area contributed by atoms with Crippen LogP contribution in [-0.4, -0.2) is 15.7 Å². The van der Waals surface area contributed by atoms with Crippen molar-refractivity contribution in [1.82, 2.24) is 15.2 Å². The first kappa shape index (κ1) is 12.1. The van der Waals surface area contributed by atoms with Crippen LogP contribution in [0.1, 0.15) is 5.69 Å². The van der Waals surface area contributed by atoms with E-state index in [0.29, 0.717) is 11.4 Å². The third-order valence-corrected chi connectivity index (χ3v) is 2.37. The summed E-state index contributed by atoms with van der Waals surface area (Å²) < 4.78 is 14.0. The molecule has 94 valence electrons. The van der Waals surface area contributed by atoms with Gasteiger partial charge in [-0.1, -0.05) is 0 Å². The van der Waals surface area contributed by atoms with E-state index in [4.69, 9.17) is 5.84 Å². The quantitative estimate of drug-likeness (QED) is 0.401. The molecule has 0 unspecified atom stereocenters. The second kappa shape index (κ2) is 4.84. The smallest absolute Gasteiger partial charge is 0.271 e. The summed E-state index contributed by atoms with van der Waals surface area (Å²) in [5.41, 5.74) is 2.55.